The zero-order valence-electron chi connectivity index (χ0n) is 11.2. The number of hydrogen-bond acceptors (Lipinski definition) is 5. The molecule has 1 aromatic rings. The number of carbonyl (C=O) groups excluding carboxylic acids is 1. The van der Waals surface area contributed by atoms with Crippen LogP contribution >= 0.6 is 0 Å². The molecule has 0 aromatic heterocycles. The smallest absolute Gasteiger partial charge is 0.270 e. The quantitative estimate of drug-likeness (QED) is 0.340. The Hall–Kier alpha value is -2.44. The van der Waals surface area contributed by atoms with E-state index in [2.05, 4.69) is 10.5 Å². The van der Waals surface area contributed by atoms with Crippen molar-refractivity contribution in [2.24, 2.45) is 5.16 Å². The number of rotatable bonds is 8. The van der Waals surface area contributed by atoms with E-state index in [0.717, 1.165) is 12.8 Å². The van der Waals surface area contributed by atoms with Crippen LogP contribution in [0.1, 0.15) is 25.3 Å². The summed E-state index contributed by atoms with van der Waals surface area (Å²) in [4.78, 5) is 26.2. The highest BCUT2D eigenvalue weighted by molar-refractivity contribution is 5.80. The third-order valence-corrected chi connectivity index (χ3v) is 2.41. The Bertz CT molecular complexity index is 488. The van der Waals surface area contributed by atoms with Gasteiger partial charge in [0.05, 0.1) is 11.1 Å². The number of benzene rings is 1. The summed E-state index contributed by atoms with van der Waals surface area (Å²) in [5.74, 6) is -0.241. The van der Waals surface area contributed by atoms with Crippen molar-refractivity contribution in [3.63, 3.8) is 0 Å². The first-order valence-electron chi connectivity index (χ1n) is 6.30. The van der Waals surface area contributed by atoms with E-state index in [1.165, 1.54) is 18.3 Å². The summed E-state index contributed by atoms with van der Waals surface area (Å²) in [5.41, 5.74) is 0.511. The molecule has 108 valence electrons. The highest BCUT2D eigenvalue weighted by Gasteiger charge is 2.04. The van der Waals surface area contributed by atoms with Gasteiger partial charge in [-0.2, -0.15) is 0 Å². The van der Waals surface area contributed by atoms with Gasteiger partial charge in [0.2, 0.25) is 0 Å². The summed E-state index contributed by atoms with van der Waals surface area (Å²) in [6.07, 6.45) is 3.25. The Morgan fingerprint density at radius 3 is 3.05 bits per heavy atom. The maximum Gasteiger partial charge on any atom is 0.270 e. The fourth-order valence-electron chi connectivity index (χ4n) is 1.37. The average molecular weight is 279 g/mol. The predicted molar refractivity (Wildman–Crippen MR) is 74.6 cm³/mol. The molecule has 20 heavy (non-hydrogen) atoms. The molecule has 7 heteroatoms. The fraction of sp³-hybridized carbons (Fsp3) is 0.385. The Labute approximate surface area is 116 Å². The van der Waals surface area contributed by atoms with E-state index in [0.29, 0.717) is 12.1 Å². The molecule has 1 N–H and O–H groups in total. The lowest BCUT2D eigenvalue weighted by Crippen LogP contribution is -2.27. The second-order valence-electron chi connectivity index (χ2n) is 4.06. The molecule has 1 amide bonds. The zero-order chi connectivity index (χ0) is 14.8. The SMILES string of the molecule is CCCCNC(=O)CO/N=C\c1cccc([N+](=O)[O-])c1. The molecule has 0 heterocycles. The van der Waals surface area contributed by atoms with E-state index < -0.39 is 4.92 Å². The fourth-order valence-corrected chi connectivity index (χ4v) is 1.37. The molecule has 0 atom stereocenters. The standard InChI is InChI=1S/C13H17N3O4/c1-2-3-7-14-13(17)10-20-15-9-11-5-4-6-12(8-11)16(18)19/h4-6,8-9H,2-3,7,10H2,1H3,(H,14,17)/b15-9-. The molecule has 0 aliphatic rings. The van der Waals surface area contributed by atoms with E-state index in [4.69, 9.17) is 4.84 Å². The highest BCUT2D eigenvalue weighted by atomic mass is 16.6. The number of non-ortho nitro benzene ring substituents is 1. The van der Waals surface area contributed by atoms with Gasteiger partial charge in [-0.05, 0) is 6.42 Å². The van der Waals surface area contributed by atoms with Crippen LogP contribution < -0.4 is 5.32 Å². The molecule has 0 aliphatic heterocycles. The minimum absolute atomic E-state index is 0.0220. The van der Waals surface area contributed by atoms with Crippen molar-refractivity contribution in [2.75, 3.05) is 13.2 Å². The molecule has 0 unspecified atom stereocenters. The summed E-state index contributed by atoms with van der Waals surface area (Å²) in [6.45, 7) is 2.48. The zero-order valence-corrected chi connectivity index (χ0v) is 11.2. The van der Waals surface area contributed by atoms with Gasteiger partial charge in [0.25, 0.3) is 11.6 Å². The lowest BCUT2D eigenvalue weighted by atomic mass is 10.2. The van der Waals surface area contributed by atoms with Crippen LogP contribution in [0.5, 0.6) is 0 Å². The summed E-state index contributed by atoms with van der Waals surface area (Å²) < 4.78 is 0. The molecule has 0 saturated carbocycles. The number of amides is 1. The van der Waals surface area contributed by atoms with E-state index in [1.54, 1.807) is 12.1 Å². The summed E-state index contributed by atoms with van der Waals surface area (Å²) in [7, 11) is 0. The average Bonchev–Trinajstić information content (AvgIpc) is 2.44. The third-order valence-electron chi connectivity index (χ3n) is 2.41. The van der Waals surface area contributed by atoms with Crippen LogP contribution in [0.25, 0.3) is 0 Å². The van der Waals surface area contributed by atoms with Crippen LogP contribution in [-0.2, 0) is 9.63 Å². The maximum atomic E-state index is 11.3. The first kappa shape index (κ1) is 15.6. The van der Waals surface area contributed by atoms with E-state index >= 15 is 0 Å². The first-order chi connectivity index (χ1) is 9.63. The second-order valence-corrected chi connectivity index (χ2v) is 4.06. The number of hydrogen-bond donors (Lipinski definition) is 1. The Morgan fingerprint density at radius 1 is 1.55 bits per heavy atom. The van der Waals surface area contributed by atoms with E-state index in [-0.39, 0.29) is 18.2 Å². The van der Waals surface area contributed by atoms with Gasteiger partial charge in [-0.1, -0.05) is 30.6 Å². The lowest BCUT2D eigenvalue weighted by Gasteiger charge is -2.02. The Kier molecular flexibility index (Phi) is 6.74. The minimum atomic E-state index is -0.487. The molecule has 0 bridgehead atoms. The van der Waals surface area contributed by atoms with E-state index in [9.17, 15) is 14.9 Å². The lowest BCUT2D eigenvalue weighted by molar-refractivity contribution is -0.384. The van der Waals surface area contributed by atoms with Crippen LogP contribution in [0.2, 0.25) is 0 Å². The van der Waals surface area contributed by atoms with Crippen LogP contribution in [-0.4, -0.2) is 30.2 Å². The highest BCUT2D eigenvalue weighted by Crippen LogP contribution is 2.11. The molecule has 1 rings (SSSR count). The largest absolute Gasteiger partial charge is 0.386 e. The van der Waals surface area contributed by atoms with Crippen molar-refractivity contribution in [3.8, 4) is 0 Å². The van der Waals surface area contributed by atoms with Gasteiger partial charge in [0, 0.05) is 24.2 Å². The van der Waals surface area contributed by atoms with Crippen molar-refractivity contribution < 1.29 is 14.6 Å². The summed E-state index contributed by atoms with van der Waals surface area (Å²) in [5, 5.41) is 16.9. The number of oxime groups is 1. The van der Waals surface area contributed by atoms with Gasteiger partial charge in [0.15, 0.2) is 6.61 Å². The van der Waals surface area contributed by atoms with Crippen molar-refractivity contribution in [2.45, 2.75) is 19.8 Å². The molecule has 0 fully saturated rings. The van der Waals surface area contributed by atoms with Crippen molar-refractivity contribution in [1.29, 1.82) is 0 Å². The van der Waals surface area contributed by atoms with Crippen LogP contribution in [0.4, 0.5) is 5.69 Å². The minimum Gasteiger partial charge on any atom is -0.386 e. The van der Waals surface area contributed by atoms with E-state index in [1.807, 2.05) is 6.92 Å². The predicted octanol–water partition coefficient (Wildman–Crippen LogP) is 1.86. The summed E-state index contributed by atoms with van der Waals surface area (Å²) >= 11 is 0. The topological polar surface area (TPSA) is 93.8 Å². The summed E-state index contributed by atoms with van der Waals surface area (Å²) in [6, 6.07) is 5.96. The molecule has 0 saturated heterocycles. The van der Waals surface area contributed by atoms with Gasteiger partial charge in [-0.25, -0.2) is 0 Å². The van der Waals surface area contributed by atoms with Crippen molar-refractivity contribution in [3.05, 3.63) is 39.9 Å². The van der Waals surface area contributed by atoms with Crippen molar-refractivity contribution in [1.82, 2.24) is 5.32 Å². The normalized spacial score (nSPS) is 10.4. The molecule has 0 aliphatic carbocycles. The number of unbranched alkanes of at least 4 members (excludes halogenated alkanes) is 1. The molecular weight excluding hydrogens is 262 g/mol. The molecule has 7 nitrogen and oxygen atoms in total. The number of nitrogens with one attached hydrogen (secondary N) is 1. The van der Waals surface area contributed by atoms with Crippen LogP contribution in [0, 0.1) is 10.1 Å². The number of carbonyl (C=O) groups is 1. The molecular formula is C13H17N3O4. The first-order valence-corrected chi connectivity index (χ1v) is 6.30. The molecule has 0 radical (unpaired) electrons. The number of nitrogens with zero attached hydrogens (tertiary/aromatic N) is 2. The Morgan fingerprint density at radius 2 is 2.35 bits per heavy atom. The van der Waals surface area contributed by atoms with Crippen molar-refractivity contribution >= 4 is 17.8 Å². The number of nitro groups is 1. The van der Waals surface area contributed by atoms with Gasteiger partial charge in [0.1, 0.15) is 0 Å². The van der Waals surface area contributed by atoms with Gasteiger partial charge in [-0.15, -0.1) is 0 Å². The van der Waals surface area contributed by atoms with Crippen LogP contribution in [0.15, 0.2) is 29.4 Å². The van der Waals surface area contributed by atoms with Gasteiger partial charge >= 0.3 is 0 Å². The van der Waals surface area contributed by atoms with Gasteiger partial charge in [-0.3, -0.25) is 14.9 Å². The maximum absolute atomic E-state index is 11.3. The second kappa shape index (κ2) is 8.63. The third kappa shape index (κ3) is 5.94. The van der Waals surface area contributed by atoms with Crippen LogP contribution in [0.3, 0.4) is 0 Å². The Balaban J connectivity index is 2.36. The molecule has 1 aromatic carbocycles. The number of nitro benzene ring substituents is 1. The van der Waals surface area contributed by atoms with Gasteiger partial charge < -0.3 is 10.2 Å². The monoisotopic (exact) mass is 279 g/mol. The molecule has 0 spiro atoms.